The number of carbonyl (C=O) groups excluding carboxylic acids is 1. The Hall–Kier alpha value is -2.50. The van der Waals surface area contributed by atoms with E-state index in [2.05, 4.69) is 26.8 Å². The molecule has 9 aliphatic rings. The van der Waals surface area contributed by atoms with Gasteiger partial charge in [0.15, 0.2) is 31.3 Å². The van der Waals surface area contributed by atoms with E-state index < -0.39 is 225 Å². The van der Waals surface area contributed by atoms with Crippen LogP contribution >= 0.6 is 0 Å². The molecule has 85 heavy (non-hydrogen) atoms. The molecular weight excluding hydrogens is 1130 g/mol. The number of hydrogen-bond donors (Lipinski definition) is 16. The quantitative estimate of drug-likeness (QED) is 0.0328. The van der Waals surface area contributed by atoms with Gasteiger partial charge >= 0.3 is 11.9 Å². The Morgan fingerprint density at radius 3 is 1.79 bits per heavy atom. The summed E-state index contributed by atoms with van der Waals surface area (Å²) < 4.78 is 54.5. The Morgan fingerprint density at radius 2 is 1.24 bits per heavy atom. The molecule has 5 aliphatic carbocycles. The van der Waals surface area contributed by atoms with Gasteiger partial charge in [-0.2, -0.15) is 0 Å². The van der Waals surface area contributed by atoms with Crippen molar-refractivity contribution in [2.24, 2.45) is 50.2 Å². The molecule has 0 unspecified atom stereocenters. The van der Waals surface area contributed by atoms with Gasteiger partial charge in [0.25, 0.3) is 0 Å². The lowest BCUT2D eigenvalue weighted by Gasteiger charge is -2.72. The van der Waals surface area contributed by atoms with E-state index in [4.69, 9.17) is 42.6 Å². The highest BCUT2D eigenvalue weighted by atomic mass is 16.8. The average molecular weight is 1220 g/mol. The standard InChI is InChI=1S/C58H92O27/c1-9-23(2)48(76)85-46-45(73)58(22-62)25(16-53(46,3)4)24-10-11-30-54(5)14-13-32(55(6,21-61)29(54)12-15-56(30,7)57(24,8)17-31(58)64)80-52-44(84-50-39(71)37(69)35(67)28(19-60)79-50)41(40(72)42(82-52)47(74)75)81-51-43(33(65)26(63)20-77-51)83-49-38(70)36(68)34(66)27(18-59)78-49/h9-10,25-46,49-52,59-73H,11-22H2,1-8H3,(H,74,75)/b23-9-/t25-,26-,27+,28+,29+,30+,31+,32-,33-,34+,35-,36-,37-,38+,39+,40-,41-,42-,43+,44+,45-,46-,49-,50-,51-,52+,54-,55-,56+,57+,58-/m0/s1. The molecule has 486 valence electrons. The molecule has 4 saturated heterocycles. The molecule has 4 aliphatic heterocycles. The lowest BCUT2D eigenvalue weighted by molar-refractivity contribution is -0.401. The maximum atomic E-state index is 13.2. The van der Waals surface area contributed by atoms with Crippen molar-refractivity contribution < 1.29 is 134 Å². The summed E-state index contributed by atoms with van der Waals surface area (Å²) in [6, 6.07) is 0. The molecule has 31 atom stereocenters. The first-order valence-electron chi connectivity index (χ1n) is 29.7. The number of aliphatic hydroxyl groups excluding tert-OH is 15. The number of esters is 1. The Balaban J connectivity index is 1.04. The molecule has 0 spiro atoms. The van der Waals surface area contributed by atoms with Crippen molar-refractivity contribution in [2.45, 2.75) is 241 Å². The van der Waals surface area contributed by atoms with Gasteiger partial charge in [0.05, 0.1) is 50.7 Å². The summed E-state index contributed by atoms with van der Waals surface area (Å²) >= 11 is 0. The summed E-state index contributed by atoms with van der Waals surface area (Å²) in [4.78, 5) is 26.4. The van der Waals surface area contributed by atoms with Gasteiger partial charge in [0.2, 0.25) is 0 Å². The zero-order valence-corrected chi connectivity index (χ0v) is 49.3. The van der Waals surface area contributed by atoms with Crippen molar-refractivity contribution in [2.75, 3.05) is 33.0 Å². The average Bonchev–Trinajstić information content (AvgIpc) is 0.778. The zero-order valence-electron chi connectivity index (χ0n) is 49.3. The second-order valence-electron chi connectivity index (χ2n) is 27.3. The highest BCUT2D eigenvalue weighted by Crippen LogP contribution is 2.76. The minimum Gasteiger partial charge on any atom is -0.479 e. The molecule has 0 aromatic heterocycles. The van der Waals surface area contributed by atoms with Gasteiger partial charge in [-0.3, -0.25) is 0 Å². The second kappa shape index (κ2) is 24.6. The number of aliphatic hydroxyl groups is 15. The highest BCUT2D eigenvalue weighted by Gasteiger charge is 2.73. The predicted octanol–water partition coefficient (Wildman–Crippen LogP) is -3.43. The van der Waals surface area contributed by atoms with Crippen molar-refractivity contribution >= 4 is 11.9 Å². The molecule has 27 nitrogen and oxygen atoms in total. The van der Waals surface area contributed by atoms with Crippen molar-refractivity contribution in [3.63, 3.8) is 0 Å². The minimum atomic E-state index is -2.29. The number of allylic oxidation sites excluding steroid dienone is 3. The minimum absolute atomic E-state index is 0.104. The van der Waals surface area contributed by atoms with E-state index in [0.717, 1.165) is 5.57 Å². The SMILES string of the molecule is C/C=C(/C)C(=O)O[C@H]1[C@H](O)[C@]2(CO)[C@H](O)C[C@]3(C)C(=CC[C@@H]4[C@@]5(C)CC[C@H](O[C@@H]6O[C@H](C(=O)O)[C@@H](O)[C@H](O[C@@H]7OC[C@H](O)[C@H](O)[C@H]7O[C@@H]7O[C@H](CO)[C@@H](O)[C@H](O)[C@H]7O)[C@H]6O[C@@H]6O[C@H](CO)[C@H](O)[C@H](O)[C@H]6O)[C@@](C)(CO)[C@@H]5CC[C@]43C)[C@@H]2CC1(C)C. The van der Waals surface area contributed by atoms with Crippen molar-refractivity contribution in [1.29, 1.82) is 0 Å². The number of fused-ring (bicyclic) bond motifs is 7. The molecule has 16 N–H and O–H groups in total. The summed E-state index contributed by atoms with van der Waals surface area (Å²) in [6.45, 7) is 12.0. The normalized spacial score (nSPS) is 52.6. The molecule has 0 aromatic rings. The van der Waals surface area contributed by atoms with Gasteiger partial charge in [-0.05, 0) is 92.8 Å². The summed E-state index contributed by atoms with van der Waals surface area (Å²) in [5.41, 5.74) is -3.89. The zero-order chi connectivity index (χ0) is 62.6. The number of rotatable bonds is 15. The van der Waals surface area contributed by atoms with Crippen molar-refractivity contribution in [3.8, 4) is 0 Å². The molecule has 0 amide bonds. The Morgan fingerprint density at radius 1 is 0.647 bits per heavy atom. The van der Waals surface area contributed by atoms with Crippen LogP contribution in [0.1, 0.15) is 100 Å². The molecule has 0 bridgehead atoms. The summed E-state index contributed by atoms with van der Waals surface area (Å²) in [7, 11) is 0. The van der Waals surface area contributed by atoms with Crippen LogP contribution in [-0.4, -0.2) is 268 Å². The first-order chi connectivity index (χ1) is 39.8. The maximum Gasteiger partial charge on any atom is 0.335 e. The fourth-order valence-electron chi connectivity index (χ4n) is 17.1. The van der Waals surface area contributed by atoms with Crippen LogP contribution in [0.5, 0.6) is 0 Å². The molecule has 27 heteroatoms. The van der Waals surface area contributed by atoms with Crippen LogP contribution in [0.2, 0.25) is 0 Å². The van der Waals surface area contributed by atoms with E-state index in [9.17, 15) is 91.3 Å². The van der Waals surface area contributed by atoms with Crippen LogP contribution in [-0.2, 0) is 52.2 Å². The third-order valence-electron chi connectivity index (χ3n) is 22.5. The van der Waals surface area contributed by atoms with Gasteiger partial charge in [-0.25, -0.2) is 9.59 Å². The monoisotopic (exact) mass is 1220 g/mol. The number of carbonyl (C=O) groups is 2. The van der Waals surface area contributed by atoms with E-state index >= 15 is 0 Å². The fraction of sp³-hybridized carbons (Fsp3) is 0.897. The molecule has 0 aromatic carbocycles. The van der Waals surface area contributed by atoms with Gasteiger partial charge < -0.3 is 124 Å². The van der Waals surface area contributed by atoms with E-state index in [-0.39, 0.29) is 24.7 Å². The smallest absolute Gasteiger partial charge is 0.335 e. The first kappa shape index (κ1) is 66.9. The van der Waals surface area contributed by atoms with Crippen LogP contribution in [0, 0.1) is 50.2 Å². The van der Waals surface area contributed by atoms with Crippen LogP contribution in [0.25, 0.3) is 0 Å². The first-order valence-corrected chi connectivity index (χ1v) is 29.7. The summed E-state index contributed by atoms with van der Waals surface area (Å²) in [5.74, 6) is -3.32. The van der Waals surface area contributed by atoms with Gasteiger partial charge in [0, 0.05) is 16.4 Å². The van der Waals surface area contributed by atoms with Gasteiger partial charge in [-0.1, -0.05) is 59.3 Å². The van der Waals surface area contributed by atoms with Gasteiger partial charge in [0.1, 0.15) is 97.7 Å². The number of hydrogen-bond acceptors (Lipinski definition) is 26. The molecule has 0 radical (unpaired) electrons. The van der Waals surface area contributed by atoms with Crippen molar-refractivity contribution in [3.05, 3.63) is 23.3 Å². The van der Waals surface area contributed by atoms with E-state index in [1.807, 2.05) is 20.8 Å². The largest absolute Gasteiger partial charge is 0.479 e. The van der Waals surface area contributed by atoms with Crippen molar-refractivity contribution in [1.82, 2.24) is 0 Å². The highest BCUT2D eigenvalue weighted by molar-refractivity contribution is 5.87. The number of carboxylic acid groups (broad SMARTS) is 1. The van der Waals surface area contributed by atoms with Crippen LogP contribution in [0.15, 0.2) is 23.3 Å². The molecular formula is C58H92O27. The Labute approximate surface area is 492 Å². The third kappa shape index (κ3) is 10.8. The Bertz CT molecular complexity index is 2440. The summed E-state index contributed by atoms with van der Waals surface area (Å²) in [5, 5.41) is 178. The number of aliphatic carboxylic acids is 1. The van der Waals surface area contributed by atoms with Gasteiger partial charge in [-0.15, -0.1) is 0 Å². The van der Waals surface area contributed by atoms with Crippen LogP contribution < -0.4 is 0 Å². The molecule has 4 saturated carbocycles. The Kier molecular flexibility index (Phi) is 19.4. The third-order valence-corrected chi connectivity index (χ3v) is 22.5. The van der Waals surface area contributed by atoms with E-state index in [1.54, 1.807) is 19.9 Å². The lowest BCUT2D eigenvalue weighted by atomic mass is 9.33. The number of carboxylic acids is 1. The van der Waals surface area contributed by atoms with E-state index in [0.29, 0.717) is 37.7 Å². The molecule has 4 heterocycles. The van der Waals surface area contributed by atoms with Crippen LogP contribution in [0.3, 0.4) is 0 Å². The fourth-order valence-corrected chi connectivity index (χ4v) is 17.1. The topological polar surface area (TPSA) is 441 Å². The lowest BCUT2D eigenvalue weighted by Crippen LogP contribution is -2.72. The molecule has 8 fully saturated rings. The predicted molar refractivity (Wildman–Crippen MR) is 286 cm³/mol. The maximum absolute atomic E-state index is 13.2. The second-order valence-corrected chi connectivity index (χ2v) is 27.3. The molecule has 9 rings (SSSR count). The number of ether oxygens (including phenoxy) is 9. The summed E-state index contributed by atoms with van der Waals surface area (Å²) in [6.07, 6.45) is -35.2. The van der Waals surface area contributed by atoms with E-state index in [1.165, 1.54) is 0 Å². The van der Waals surface area contributed by atoms with Crippen LogP contribution in [0.4, 0.5) is 0 Å².